The number of morpholine rings is 1. The minimum absolute atomic E-state index is 0.000553. The zero-order chi connectivity index (χ0) is 15.4. The molecular weight excluding hydrogens is 268 g/mol. The number of ether oxygens (including phenoxy) is 1. The van der Waals surface area contributed by atoms with Crippen LogP contribution in [0.15, 0.2) is 0 Å². The molecule has 2 amide bonds. The number of rotatable bonds is 4. The number of aromatic nitrogens is 2. The third-order valence-electron chi connectivity index (χ3n) is 4.09. The van der Waals surface area contributed by atoms with E-state index in [1.807, 2.05) is 30.5 Å². The first-order chi connectivity index (χ1) is 10.1. The maximum Gasteiger partial charge on any atom is 0.318 e. The fourth-order valence-corrected chi connectivity index (χ4v) is 2.83. The van der Waals surface area contributed by atoms with Crippen molar-refractivity contribution in [3.8, 4) is 0 Å². The Morgan fingerprint density at radius 1 is 1.48 bits per heavy atom. The topological polar surface area (TPSA) is 59.4 Å². The largest absolute Gasteiger partial charge is 0.377 e. The van der Waals surface area contributed by atoms with Crippen LogP contribution in [0.1, 0.15) is 42.8 Å². The van der Waals surface area contributed by atoms with Gasteiger partial charge in [-0.1, -0.05) is 13.3 Å². The number of nitrogens with one attached hydrogen (secondary N) is 1. The lowest BCUT2D eigenvalue weighted by Crippen LogP contribution is -2.48. The molecule has 1 N–H and O–H groups in total. The van der Waals surface area contributed by atoms with Crippen molar-refractivity contribution in [1.29, 1.82) is 0 Å². The Morgan fingerprint density at radius 2 is 2.24 bits per heavy atom. The van der Waals surface area contributed by atoms with Crippen LogP contribution in [-0.4, -0.2) is 47.0 Å². The molecule has 0 aromatic carbocycles. The van der Waals surface area contributed by atoms with E-state index >= 15 is 0 Å². The molecule has 118 valence electrons. The molecule has 2 rings (SSSR count). The standard InChI is InChI=1S/C15H26N4O2/c1-5-6-7-16-15(20)19-8-9-21-10-13(19)14-11(2)17-18(4)12(14)3/h13H,5-10H2,1-4H3,(H,16,20)/t13-/m0/s1. The molecular formula is C15H26N4O2. The van der Waals surface area contributed by atoms with Crippen LogP contribution >= 0.6 is 0 Å². The maximum absolute atomic E-state index is 12.4. The van der Waals surface area contributed by atoms with Gasteiger partial charge in [-0.15, -0.1) is 0 Å². The summed E-state index contributed by atoms with van der Waals surface area (Å²) in [5.41, 5.74) is 3.18. The second-order valence-electron chi connectivity index (χ2n) is 5.58. The minimum atomic E-state index is -0.0472. The molecule has 1 fully saturated rings. The first-order valence-corrected chi connectivity index (χ1v) is 7.68. The molecule has 6 heteroatoms. The highest BCUT2D eigenvalue weighted by molar-refractivity contribution is 5.75. The number of unbranched alkanes of at least 4 members (excludes halogenated alkanes) is 1. The molecule has 6 nitrogen and oxygen atoms in total. The summed E-state index contributed by atoms with van der Waals surface area (Å²) < 4.78 is 7.47. The van der Waals surface area contributed by atoms with Crippen LogP contribution in [0.3, 0.4) is 0 Å². The van der Waals surface area contributed by atoms with Gasteiger partial charge in [0.05, 0.1) is 24.9 Å². The molecule has 0 spiro atoms. The quantitative estimate of drug-likeness (QED) is 0.863. The summed E-state index contributed by atoms with van der Waals surface area (Å²) in [6.45, 7) is 8.62. The van der Waals surface area contributed by atoms with Crippen LogP contribution in [0.4, 0.5) is 4.79 Å². The molecule has 0 saturated carbocycles. The van der Waals surface area contributed by atoms with E-state index in [4.69, 9.17) is 4.74 Å². The lowest BCUT2D eigenvalue weighted by atomic mass is 10.0. The van der Waals surface area contributed by atoms with E-state index in [0.717, 1.165) is 36.3 Å². The Labute approximate surface area is 126 Å². The number of carbonyl (C=O) groups is 1. The molecule has 1 aromatic heterocycles. The molecule has 1 saturated heterocycles. The Kier molecular flexibility index (Phi) is 5.22. The molecule has 0 unspecified atom stereocenters. The molecule has 1 aliphatic heterocycles. The highest BCUT2D eigenvalue weighted by atomic mass is 16.5. The van der Waals surface area contributed by atoms with Gasteiger partial charge in [0, 0.05) is 31.4 Å². The van der Waals surface area contributed by atoms with E-state index in [1.165, 1.54) is 0 Å². The van der Waals surface area contributed by atoms with Crippen LogP contribution in [0.5, 0.6) is 0 Å². The van der Waals surface area contributed by atoms with Crippen LogP contribution in [0, 0.1) is 13.8 Å². The molecule has 21 heavy (non-hydrogen) atoms. The van der Waals surface area contributed by atoms with Crippen LogP contribution in [-0.2, 0) is 11.8 Å². The SMILES string of the molecule is CCCCNC(=O)N1CCOC[C@H]1c1c(C)nn(C)c1C. The van der Waals surface area contributed by atoms with E-state index < -0.39 is 0 Å². The summed E-state index contributed by atoms with van der Waals surface area (Å²) >= 11 is 0. The fourth-order valence-electron chi connectivity index (χ4n) is 2.83. The van der Waals surface area contributed by atoms with Gasteiger partial charge in [-0.25, -0.2) is 4.79 Å². The number of nitrogens with zero attached hydrogens (tertiary/aromatic N) is 3. The van der Waals surface area contributed by atoms with Crippen molar-refractivity contribution in [2.45, 2.75) is 39.7 Å². The first-order valence-electron chi connectivity index (χ1n) is 7.68. The summed E-state index contributed by atoms with van der Waals surface area (Å²) in [7, 11) is 1.93. The Bertz CT molecular complexity index is 498. The van der Waals surface area contributed by atoms with E-state index in [2.05, 4.69) is 17.3 Å². The van der Waals surface area contributed by atoms with Crippen molar-refractivity contribution in [2.75, 3.05) is 26.3 Å². The van der Waals surface area contributed by atoms with Gasteiger partial charge in [-0.3, -0.25) is 4.68 Å². The predicted octanol–water partition coefficient (Wildman–Crippen LogP) is 1.92. The van der Waals surface area contributed by atoms with Crippen molar-refractivity contribution < 1.29 is 9.53 Å². The normalized spacial score (nSPS) is 18.9. The zero-order valence-corrected chi connectivity index (χ0v) is 13.5. The Morgan fingerprint density at radius 3 is 2.86 bits per heavy atom. The molecule has 1 aromatic rings. The second-order valence-corrected chi connectivity index (χ2v) is 5.58. The molecule has 1 atom stereocenters. The van der Waals surface area contributed by atoms with Crippen molar-refractivity contribution >= 4 is 6.03 Å². The summed E-state index contributed by atoms with van der Waals surface area (Å²) in [6, 6.07) is -0.0477. The molecule has 1 aliphatic rings. The van der Waals surface area contributed by atoms with Gasteiger partial charge < -0.3 is 15.0 Å². The molecule has 0 radical (unpaired) electrons. The number of amides is 2. The van der Waals surface area contributed by atoms with Crippen molar-refractivity contribution in [3.05, 3.63) is 17.0 Å². The first kappa shape index (κ1) is 15.8. The third kappa shape index (κ3) is 3.37. The molecule has 0 aliphatic carbocycles. The summed E-state index contributed by atoms with van der Waals surface area (Å²) in [4.78, 5) is 14.3. The van der Waals surface area contributed by atoms with E-state index in [9.17, 15) is 4.79 Å². The minimum Gasteiger partial charge on any atom is -0.377 e. The average molecular weight is 294 g/mol. The number of aryl methyl sites for hydroxylation is 2. The maximum atomic E-state index is 12.4. The van der Waals surface area contributed by atoms with Gasteiger partial charge in [0.1, 0.15) is 0 Å². The second kappa shape index (κ2) is 6.93. The number of hydrogen-bond donors (Lipinski definition) is 1. The van der Waals surface area contributed by atoms with Gasteiger partial charge in [0.2, 0.25) is 0 Å². The zero-order valence-electron chi connectivity index (χ0n) is 13.5. The van der Waals surface area contributed by atoms with Crippen LogP contribution < -0.4 is 5.32 Å². The van der Waals surface area contributed by atoms with Crippen molar-refractivity contribution in [1.82, 2.24) is 20.0 Å². The third-order valence-corrected chi connectivity index (χ3v) is 4.09. The Balaban J connectivity index is 2.17. The van der Waals surface area contributed by atoms with Gasteiger partial charge in [-0.05, 0) is 20.3 Å². The van der Waals surface area contributed by atoms with Crippen molar-refractivity contribution in [2.24, 2.45) is 7.05 Å². The van der Waals surface area contributed by atoms with E-state index in [1.54, 1.807) is 0 Å². The van der Waals surface area contributed by atoms with Crippen LogP contribution in [0.25, 0.3) is 0 Å². The average Bonchev–Trinajstić information content (AvgIpc) is 2.72. The number of hydrogen-bond acceptors (Lipinski definition) is 3. The summed E-state index contributed by atoms with van der Waals surface area (Å²) in [5, 5.41) is 7.46. The highest BCUT2D eigenvalue weighted by Gasteiger charge is 2.32. The van der Waals surface area contributed by atoms with Gasteiger partial charge in [0.15, 0.2) is 0 Å². The summed E-state index contributed by atoms with van der Waals surface area (Å²) in [6.07, 6.45) is 2.08. The smallest absolute Gasteiger partial charge is 0.318 e. The van der Waals surface area contributed by atoms with E-state index in [-0.39, 0.29) is 12.1 Å². The highest BCUT2D eigenvalue weighted by Crippen LogP contribution is 2.29. The summed E-state index contributed by atoms with van der Waals surface area (Å²) in [5.74, 6) is 0. The lowest BCUT2D eigenvalue weighted by Gasteiger charge is -2.36. The fraction of sp³-hybridized carbons (Fsp3) is 0.733. The number of urea groups is 1. The van der Waals surface area contributed by atoms with Gasteiger partial charge in [0.25, 0.3) is 0 Å². The van der Waals surface area contributed by atoms with Gasteiger partial charge in [-0.2, -0.15) is 5.10 Å². The number of carbonyl (C=O) groups excluding carboxylic acids is 1. The molecule has 0 bridgehead atoms. The van der Waals surface area contributed by atoms with E-state index in [0.29, 0.717) is 19.8 Å². The van der Waals surface area contributed by atoms with Crippen LogP contribution in [0.2, 0.25) is 0 Å². The lowest BCUT2D eigenvalue weighted by molar-refractivity contribution is 0.0112. The van der Waals surface area contributed by atoms with Gasteiger partial charge >= 0.3 is 6.03 Å². The monoisotopic (exact) mass is 294 g/mol. The molecule has 2 heterocycles. The van der Waals surface area contributed by atoms with Crippen molar-refractivity contribution in [3.63, 3.8) is 0 Å². The predicted molar refractivity (Wildman–Crippen MR) is 81.3 cm³/mol. The Hall–Kier alpha value is -1.56.